The van der Waals surface area contributed by atoms with Crippen LogP contribution in [-0.2, 0) is 32.6 Å². The molecule has 4 rings (SSSR count). The first-order valence-electron chi connectivity index (χ1n) is 15.2. The number of rotatable bonds is 14. The van der Waals surface area contributed by atoms with E-state index in [1.807, 2.05) is 75.4 Å². The largest absolute Gasteiger partial charge is 0.495 e. The molecular weight excluding hydrogens is 702 g/mol. The molecule has 47 heavy (non-hydrogen) atoms. The van der Waals surface area contributed by atoms with Crippen molar-refractivity contribution in [1.29, 1.82) is 0 Å². The molecule has 0 bridgehead atoms. The highest BCUT2D eigenvalue weighted by Gasteiger charge is 2.36. The molecule has 0 aliphatic carbocycles. The van der Waals surface area contributed by atoms with Gasteiger partial charge in [-0.3, -0.25) is 13.9 Å². The Kier molecular flexibility index (Phi) is 12.5. The molecule has 11 heteroatoms. The summed E-state index contributed by atoms with van der Waals surface area (Å²) in [6, 6.07) is 26.7. The minimum Gasteiger partial charge on any atom is -0.495 e. The average molecular weight is 741 g/mol. The van der Waals surface area contributed by atoms with Gasteiger partial charge in [-0.15, -0.1) is 0 Å². The Morgan fingerprint density at radius 2 is 1.60 bits per heavy atom. The molecule has 8 nitrogen and oxygen atoms in total. The number of carbonyl (C=O) groups is 2. The minimum atomic E-state index is -4.31. The van der Waals surface area contributed by atoms with Crippen molar-refractivity contribution in [3.8, 4) is 5.75 Å². The maximum Gasteiger partial charge on any atom is 0.264 e. The molecule has 2 atom stereocenters. The number of methoxy groups -OCH3 is 1. The van der Waals surface area contributed by atoms with Gasteiger partial charge in [-0.2, -0.15) is 0 Å². The second-order valence-electron chi connectivity index (χ2n) is 11.3. The van der Waals surface area contributed by atoms with Gasteiger partial charge < -0.3 is 15.0 Å². The van der Waals surface area contributed by atoms with E-state index in [1.165, 1.54) is 30.2 Å². The SMILES string of the molecule is CC[C@@H](C)NC(=O)[C@@H](Cc1ccccc1)N(Cc1ccc(Br)cc1)C(=O)CN(c1cc(Cl)ccc1OC)S(=O)(=O)c1ccc(C)cc1. The lowest BCUT2D eigenvalue weighted by Crippen LogP contribution is -2.54. The summed E-state index contributed by atoms with van der Waals surface area (Å²) in [4.78, 5) is 30.1. The van der Waals surface area contributed by atoms with Crippen LogP contribution in [0, 0.1) is 6.92 Å². The van der Waals surface area contributed by atoms with Gasteiger partial charge in [0.2, 0.25) is 11.8 Å². The molecule has 0 radical (unpaired) electrons. The third kappa shape index (κ3) is 9.37. The molecule has 0 aromatic heterocycles. The van der Waals surface area contributed by atoms with Crippen LogP contribution in [0.1, 0.15) is 37.0 Å². The summed E-state index contributed by atoms with van der Waals surface area (Å²) in [5, 5.41) is 3.31. The van der Waals surface area contributed by atoms with Gasteiger partial charge in [-0.1, -0.05) is 94.6 Å². The van der Waals surface area contributed by atoms with Crippen molar-refractivity contribution in [3.05, 3.63) is 123 Å². The van der Waals surface area contributed by atoms with Crippen molar-refractivity contribution in [2.24, 2.45) is 0 Å². The number of hydrogen-bond donors (Lipinski definition) is 1. The second kappa shape index (κ2) is 16.3. The number of benzene rings is 4. The van der Waals surface area contributed by atoms with Crippen LogP contribution in [0.2, 0.25) is 5.02 Å². The molecular formula is C36H39BrClN3O5S. The fraction of sp³-hybridized carbons (Fsp3) is 0.278. The number of anilines is 1. The average Bonchev–Trinajstić information content (AvgIpc) is 3.06. The summed E-state index contributed by atoms with van der Waals surface area (Å²) in [5.41, 5.74) is 2.60. The zero-order valence-corrected chi connectivity index (χ0v) is 30.0. The van der Waals surface area contributed by atoms with Crippen molar-refractivity contribution in [2.75, 3.05) is 18.0 Å². The van der Waals surface area contributed by atoms with Crippen molar-refractivity contribution in [2.45, 2.75) is 57.1 Å². The van der Waals surface area contributed by atoms with Gasteiger partial charge in [0.1, 0.15) is 18.3 Å². The van der Waals surface area contributed by atoms with Gasteiger partial charge in [0.05, 0.1) is 17.7 Å². The van der Waals surface area contributed by atoms with Crippen LogP contribution in [0.15, 0.2) is 106 Å². The van der Waals surface area contributed by atoms with Crippen molar-refractivity contribution in [3.63, 3.8) is 0 Å². The van der Waals surface area contributed by atoms with E-state index in [1.54, 1.807) is 24.3 Å². The number of hydrogen-bond acceptors (Lipinski definition) is 5. The number of nitrogens with zero attached hydrogens (tertiary/aromatic N) is 2. The quantitative estimate of drug-likeness (QED) is 0.148. The fourth-order valence-corrected chi connectivity index (χ4v) is 6.84. The molecule has 2 amide bonds. The van der Waals surface area contributed by atoms with Crippen LogP contribution in [0.3, 0.4) is 0 Å². The van der Waals surface area contributed by atoms with Gasteiger partial charge in [-0.05, 0) is 73.9 Å². The van der Waals surface area contributed by atoms with Crippen LogP contribution in [0.5, 0.6) is 5.75 Å². The maximum atomic E-state index is 14.7. The number of halogens is 2. The molecule has 4 aromatic rings. The van der Waals surface area contributed by atoms with Crippen LogP contribution < -0.4 is 14.4 Å². The first-order chi connectivity index (χ1) is 22.4. The number of amides is 2. The van der Waals surface area contributed by atoms with Crippen LogP contribution in [-0.4, -0.2) is 50.9 Å². The topological polar surface area (TPSA) is 96.0 Å². The van der Waals surface area contributed by atoms with E-state index < -0.39 is 28.5 Å². The van der Waals surface area contributed by atoms with Crippen LogP contribution >= 0.6 is 27.5 Å². The summed E-state index contributed by atoms with van der Waals surface area (Å²) >= 11 is 9.83. The molecule has 248 valence electrons. The van der Waals surface area contributed by atoms with Gasteiger partial charge >= 0.3 is 0 Å². The van der Waals surface area contributed by atoms with Crippen molar-refractivity contribution >= 4 is 55.1 Å². The lowest BCUT2D eigenvalue weighted by Gasteiger charge is -2.34. The van der Waals surface area contributed by atoms with E-state index in [0.29, 0.717) is 6.42 Å². The first-order valence-corrected chi connectivity index (χ1v) is 17.8. The number of carbonyl (C=O) groups excluding carboxylic acids is 2. The number of aryl methyl sites for hydroxylation is 1. The summed E-state index contributed by atoms with van der Waals surface area (Å²) < 4.78 is 36.1. The molecule has 0 unspecified atom stereocenters. The monoisotopic (exact) mass is 739 g/mol. The third-order valence-electron chi connectivity index (χ3n) is 7.84. The molecule has 0 fully saturated rings. The Labute approximate surface area is 290 Å². The van der Waals surface area contributed by atoms with Crippen molar-refractivity contribution < 1.29 is 22.7 Å². The highest BCUT2D eigenvalue weighted by Crippen LogP contribution is 2.35. The molecule has 0 saturated heterocycles. The van der Waals surface area contributed by atoms with Crippen LogP contribution in [0.4, 0.5) is 5.69 Å². The van der Waals surface area contributed by atoms with Gasteiger partial charge in [0, 0.05) is 28.5 Å². The first kappa shape index (κ1) is 36.0. The van der Waals surface area contributed by atoms with E-state index in [4.69, 9.17) is 16.3 Å². The normalized spacial score (nSPS) is 12.6. The Balaban J connectivity index is 1.85. The Bertz CT molecular complexity index is 1770. The summed E-state index contributed by atoms with van der Waals surface area (Å²) in [5.74, 6) is -0.694. The predicted molar refractivity (Wildman–Crippen MR) is 190 cm³/mol. The van der Waals surface area contributed by atoms with Gasteiger partial charge in [0.25, 0.3) is 10.0 Å². The van der Waals surface area contributed by atoms with E-state index in [9.17, 15) is 18.0 Å². The Hall–Kier alpha value is -3.86. The zero-order chi connectivity index (χ0) is 34.1. The van der Waals surface area contributed by atoms with Crippen molar-refractivity contribution in [1.82, 2.24) is 10.2 Å². The fourth-order valence-electron chi connectivity index (χ4n) is 4.99. The third-order valence-corrected chi connectivity index (χ3v) is 10.4. The maximum absolute atomic E-state index is 14.7. The molecule has 0 saturated carbocycles. The molecule has 0 spiro atoms. The lowest BCUT2D eigenvalue weighted by molar-refractivity contribution is -0.140. The van der Waals surface area contributed by atoms with E-state index in [0.717, 1.165) is 25.5 Å². The summed E-state index contributed by atoms with van der Waals surface area (Å²) in [7, 11) is -2.90. The molecule has 0 aliphatic heterocycles. The molecule has 0 aliphatic rings. The summed E-state index contributed by atoms with van der Waals surface area (Å²) in [6.07, 6.45) is 0.915. The van der Waals surface area contributed by atoms with Gasteiger partial charge in [-0.25, -0.2) is 8.42 Å². The molecule has 4 aromatic carbocycles. The molecule has 0 heterocycles. The second-order valence-corrected chi connectivity index (χ2v) is 14.5. The van der Waals surface area contributed by atoms with E-state index in [-0.39, 0.29) is 46.3 Å². The Morgan fingerprint density at radius 3 is 2.21 bits per heavy atom. The van der Waals surface area contributed by atoms with Crippen LogP contribution in [0.25, 0.3) is 0 Å². The number of sulfonamides is 1. The standard InChI is InChI=1S/C36H39BrClN3O5S/c1-5-26(3)39-36(43)33(21-27-9-7-6-8-10-27)40(23-28-13-15-29(37)16-14-28)35(42)24-41(32-22-30(38)17-20-34(32)46-4)47(44,45)31-18-11-25(2)12-19-31/h6-20,22,26,33H,5,21,23-24H2,1-4H3,(H,39,43)/t26-,33-/m1/s1. The number of ether oxygens (including phenoxy) is 1. The van der Waals surface area contributed by atoms with E-state index >= 15 is 0 Å². The highest BCUT2D eigenvalue weighted by atomic mass is 79.9. The number of nitrogens with one attached hydrogen (secondary N) is 1. The smallest absolute Gasteiger partial charge is 0.264 e. The minimum absolute atomic E-state index is 0.00672. The Morgan fingerprint density at radius 1 is 0.936 bits per heavy atom. The zero-order valence-electron chi connectivity index (χ0n) is 26.8. The summed E-state index contributed by atoms with van der Waals surface area (Å²) in [6.45, 7) is 5.16. The predicted octanol–water partition coefficient (Wildman–Crippen LogP) is 7.17. The molecule has 1 N–H and O–H groups in total. The lowest BCUT2D eigenvalue weighted by atomic mass is 10.0. The van der Waals surface area contributed by atoms with Gasteiger partial charge in [0.15, 0.2) is 0 Å². The van der Waals surface area contributed by atoms with E-state index in [2.05, 4.69) is 21.2 Å². The highest BCUT2D eigenvalue weighted by molar-refractivity contribution is 9.10.